The molecule has 1 aliphatic carbocycles. The van der Waals surface area contributed by atoms with Gasteiger partial charge in [-0.25, -0.2) is 0 Å². The lowest BCUT2D eigenvalue weighted by Crippen LogP contribution is -2.47. The molecule has 0 bridgehead atoms. The van der Waals surface area contributed by atoms with Gasteiger partial charge in [-0.3, -0.25) is 9.59 Å². The monoisotopic (exact) mass is 292 g/mol. The van der Waals surface area contributed by atoms with E-state index in [4.69, 9.17) is 0 Å². The minimum atomic E-state index is -0.504. The molecule has 0 spiro atoms. The second kappa shape index (κ2) is 7.24. The van der Waals surface area contributed by atoms with E-state index in [1.165, 1.54) is 18.9 Å². The summed E-state index contributed by atoms with van der Waals surface area (Å²) in [7, 11) is 0. The number of thiophene rings is 1. The number of rotatable bonds is 5. The number of nitrogens with one attached hydrogen (secondary N) is 2. The van der Waals surface area contributed by atoms with E-state index in [9.17, 15) is 9.59 Å². The Bertz CT molecular complexity index is 476. The van der Waals surface area contributed by atoms with Crippen LogP contribution < -0.4 is 10.6 Å². The van der Waals surface area contributed by atoms with E-state index in [1.807, 2.05) is 16.8 Å². The van der Waals surface area contributed by atoms with Crippen LogP contribution in [-0.4, -0.2) is 23.9 Å². The van der Waals surface area contributed by atoms with Crippen molar-refractivity contribution < 1.29 is 9.59 Å². The SMILES string of the molecule is C[C@@H](NC(=O)/C=C/c1ccsc1)C(=O)NC1CCCC1. The molecule has 0 aromatic carbocycles. The molecule has 1 atom stereocenters. The number of hydrogen-bond donors (Lipinski definition) is 2. The van der Waals surface area contributed by atoms with Crippen LogP contribution in [-0.2, 0) is 9.59 Å². The second-order valence-corrected chi connectivity index (χ2v) is 5.89. The maximum Gasteiger partial charge on any atom is 0.244 e. The minimum absolute atomic E-state index is 0.103. The zero-order chi connectivity index (χ0) is 14.4. The molecule has 1 heterocycles. The van der Waals surface area contributed by atoms with Gasteiger partial charge in [-0.1, -0.05) is 12.8 Å². The predicted molar refractivity (Wildman–Crippen MR) is 81.4 cm³/mol. The number of carbonyl (C=O) groups is 2. The Morgan fingerprint density at radius 3 is 2.80 bits per heavy atom. The summed E-state index contributed by atoms with van der Waals surface area (Å²) in [6.07, 6.45) is 7.65. The fourth-order valence-corrected chi connectivity index (χ4v) is 2.89. The van der Waals surface area contributed by atoms with E-state index < -0.39 is 6.04 Å². The third-order valence-electron chi connectivity index (χ3n) is 3.42. The van der Waals surface area contributed by atoms with Crippen LogP contribution in [0.5, 0.6) is 0 Å². The zero-order valence-electron chi connectivity index (χ0n) is 11.6. The topological polar surface area (TPSA) is 58.2 Å². The zero-order valence-corrected chi connectivity index (χ0v) is 12.4. The maximum absolute atomic E-state index is 11.9. The first-order valence-corrected chi connectivity index (χ1v) is 7.90. The molecular weight excluding hydrogens is 272 g/mol. The molecule has 2 N–H and O–H groups in total. The average molecular weight is 292 g/mol. The predicted octanol–water partition coefficient (Wildman–Crippen LogP) is 2.32. The van der Waals surface area contributed by atoms with E-state index >= 15 is 0 Å². The van der Waals surface area contributed by atoms with Gasteiger partial charge in [0, 0.05) is 12.1 Å². The summed E-state index contributed by atoms with van der Waals surface area (Å²) in [5, 5.41) is 9.57. The summed E-state index contributed by atoms with van der Waals surface area (Å²) in [6.45, 7) is 1.71. The Balaban J connectivity index is 1.76. The first kappa shape index (κ1) is 14.8. The molecule has 0 unspecified atom stereocenters. The average Bonchev–Trinajstić information content (AvgIpc) is 3.09. The molecule has 0 saturated heterocycles. The van der Waals surface area contributed by atoms with E-state index in [2.05, 4.69) is 10.6 Å². The Morgan fingerprint density at radius 1 is 1.40 bits per heavy atom. The Kier molecular flexibility index (Phi) is 5.35. The lowest BCUT2D eigenvalue weighted by Gasteiger charge is -2.17. The van der Waals surface area contributed by atoms with Gasteiger partial charge in [0.25, 0.3) is 0 Å². The van der Waals surface area contributed by atoms with Gasteiger partial charge in [-0.05, 0) is 48.2 Å². The normalized spacial score (nSPS) is 17.2. The fraction of sp³-hybridized carbons (Fsp3) is 0.467. The lowest BCUT2D eigenvalue weighted by molar-refractivity contribution is -0.127. The quantitative estimate of drug-likeness (QED) is 0.818. The van der Waals surface area contributed by atoms with Gasteiger partial charge in [0.1, 0.15) is 6.04 Å². The molecule has 2 rings (SSSR count). The van der Waals surface area contributed by atoms with E-state index in [0.717, 1.165) is 18.4 Å². The summed E-state index contributed by atoms with van der Waals surface area (Å²) in [5.74, 6) is -0.348. The van der Waals surface area contributed by atoms with Crippen LogP contribution >= 0.6 is 11.3 Å². The van der Waals surface area contributed by atoms with Crippen LogP contribution in [0.4, 0.5) is 0 Å². The Morgan fingerprint density at radius 2 is 2.15 bits per heavy atom. The van der Waals surface area contributed by atoms with Crippen LogP contribution in [0.1, 0.15) is 38.2 Å². The molecule has 1 fully saturated rings. The molecule has 1 saturated carbocycles. The van der Waals surface area contributed by atoms with Crippen LogP contribution in [0, 0.1) is 0 Å². The highest BCUT2D eigenvalue weighted by molar-refractivity contribution is 7.08. The second-order valence-electron chi connectivity index (χ2n) is 5.11. The first-order valence-electron chi connectivity index (χ1n) is 6.96. The van der Waals surface area contributed by atoms with Crippen molar-refractivity contribution in [3.8, 4) is 0 Å². The summed E-state index contributed by atoms with van der Waals surface area (Å²) in [4.78, 5) is 23.6. The van der Waals surface area contributed by atoms with E-state index in [-0.39, 0.29) is 17.9 Å². The van der Waals surface area contributed by atoms with Crippen molar-refractivity contribution in [3.05, 3.63) is 28.5 Å². The van der Waals surface area contributed by atoms with Gasteiger partial charge in [-0.2, -0.15) is 11.3 Å². The van der Waals surface area contributed by atoms with Gasteiger partial charge in [-0.15, -0.1) is 0 Å². The van der Waals surface area contributed by atoms with Gasteiger partial charge < -0.3 is 10.6 Å². The first-order chi connectivity index (χ1) is 9.65. The highest BCUT2D eigenvalue weighted by atomic mass is 32.1. The van der Waals surface area contributed by atoms with Crippen LogP contribution in [0.2, 0.25) is 0 Å². The number of amides is 2. The smallest absolute Gasteiger partial charge is 0.244 e. The number of hydrogen-bond acceptors (Lipinski definition) is 3. The minimum Gasteiger partial charge on any atom is -0.352 e. The molecule has 4 nitrogen and oxygen atoms in total. The van der Waals surface area contributed by atoms with E-state index in [0.29, 0.717) is 0 Å². The molecule has 20 heavy (non-hydrogen) atoms. The summed E-state index contributed by atoms with van der Waals surface area (Å²) >= 11 is 1.58. The van der Waals surface area contributed by atoms with Crippen LogP contribution in [0.25, 0.3) is 6.08 Å². The van der Waals surface area contributed by atoms with Crippen molar-refractivity contribution in [2.45, 2.75) is 44.7 Å². The third-order valence-corrected chi connectivity index (χ3v) is 4.13. The van der Waals surface area contributed by atoms with Crippen molar-refractivity contribution in [2.75, 3.05) is 0 Å². The molecule has 1 aliphatic rings. The third kappa shape index (κ3) is 4.49. The largest absolute Gasteiger partial charge is 0.352 e. The van der Waals surface area contributed by atoms with Crippen molar-refractivity contribution in [1.82, 2.24) is 10.6 Å². The molecule has 0 radical (unpaired) electrons. The lowest BCUT2D eigenvalue weighted by atomic mass is 10.2. The Labute approximate surface area is 123 Å². The molecule has 1 aromatic rings. The maximum atomic E-state index is 11.9. The van der Waals surface area contributed by atoms with Crippen molar-refractivity contribution in [3.63, 3.8) is 0 Å². The molecule has 5 heteroatoms. The highest BCUT2D eigenvalue weighted by Gasteiger charge is 2.21. The molecular formula is C15H20N2O2S. The van der Waals surface area contributed by atoms with Crippen molar-refractivity contribution in [1.29, 1.82) is 0 Å². The Hall–Kier alpha value is -1.62. The number of carbonyl (C=O) groups excluding carboxylic acids is 2. The van der Waals surface area contributed by atoms with Crippen LogP contribution in [0.3, 0.4) is 0 Å². The fourth-order valence-electron chi connectivity index (χ4n) is 2.27. The molecule has 1 aromatic heterocycles. The molecule has 0 aliphatic heterocycles. The van der Waals surface area contributed by atoms with Crippen LogP contribution in [0.15, 0.2) is 22.9 Å². The van der Waals surface area contributed by atoms with E-state index in [1.54, 1.807) is 24.3 Å². The summed E-state index contributed by atoms with van der Waals surface area (Å²) in [6, 6.07) is 1.71. The summed E-state index contributed by atoms with van der Waals surface area (Å²) in [5.41, 5.74) is 0.994. The van der Waals surface area contributed by atoms with Crippen molar-refractivity contribution >= 4 is 29.2 Å². The van der Waals surface area contributed by atoms with Gasteiger partial charge in [0.15, 0.2) is 0 Å². The van der Waals surface area contributed by atoms with Gasteiger partial charge >= 0.3 is 0 Å². The highest BCUT2D eigenvalue weighted by Crippen LogP contribution is 2.17. The molecule has 2 amide bonds. The van der Waals surface area contributed by atoms with Crippen molar-refractivity contribution in [2.24, 2.45) is 0 Å². The van der Waals surface area contributed by atoms with Gasteiger partial charge in [0.05, 0.1) is 0 Å². The standard InChI is InChI=1S/C15H20N2O2S/c1-11(15(19)17-13-4-2-3-5-13)16-14(18)7-6-12-8-9-20-10-12/h6-11,13H,2-5H2,1H3,(H,16,18)(H,17,19)/b7-6+/t11-/m1/s1. The summed E-state index contributed by atoms with van der Waals surface area (Å²) < 4.78 is 0. The molecule has 108 valence electrons. The van der Waals surface area contributed by atoms with Gasteiger partial charge in [0.2, 0.25) is 11.8 Å².